The molecule has 0 aliphatic rings. The zero-order valence-electron chi connectivity index (χ0n) is 13.5. The van der Waals surface area contributed by atoms with Crippen LogP contribution in [0.5, 0.6) is 0 Å². The quantitative estimate of drug-likeness (QED) is 0.829. The number of carbonyl (C=O) groups is 2. The average molecular weight is 352 g/mol. The van der Waals surface area contributed by atoms with Crippen molar-refractivity contribution in [3.8, 4) is 9.88 Å². The predicted molar refractivity (Wildman–Crippen MR) is 93.1 cm³/mol. The number of aliphatic carboxylic acids is 1. The van der Waals surface area contributed by atoms with Gasteiger partial charge in [-0.1, -0.05) is 19.9 Å². The maximum atomic E-state index is 12.6. The minimum atomic E-state index is -0.929. The van der Waals surface area contributed by atoms with Crippen LogP contribution in [0.4, 0.5) is 0 Å². The molecule has 0 spiro atoms. The third-order valence-electron chi connectivity index (χ3n) is 3.93. The fraction of sp³-hybridized carbons (Fsp3) is 0.438. The summed E-state index contributed by atoms with van der Waals surface area (Å²) in [5.41, 5.74) is -0.139. The zero-order valence-corrected chi connectivity index (χ0v) is 15.2. The number of aryl methyl sites for hydroxylation is 1. The molecular formula is C16H20N2O3S2. The van der Waals surface area contributed by atoms with E-state index < -0.39 is 11.5 Å². The first-order valence-electron chi connectivity index (χ1n) is 7.28. The van der Waals surface area contributed by atoms with E-state index in [1.54, 1.807) is 25.2 Å². The highest BCUT2D eigenvalue weighted by molar-refractivity contribution is 7.22. The van der Waals surface area contributed by atoms with Crippen molar-refractivity contribution >= 4 is 34.6 Å². The number of carboxylic acid groups (broad SMARTS) is 1. The Balaban J connectivity index is 2.25. The average Bonchev–Trinajstić information content (AvgIpc) is 3.05. The number of hydrogen-bond acceptors (Lipinski definition) is 5. The molecule has 0 bridgehead atoms. The van der Waals surface area contributed by atoms with Crippen LogP contribution in [-0.4, -0.2) is 27.5 Å². The van der Waals surface area contributed by atoms with Crippen LogP contribution >= 0.6 is 22.7 Å². The van der Waals surface area contributed by atoms with Gasteiger partial charge in [-0.3, -0.25) is 9.59 Å². The van der Waals surface area contributed by atoms with E-state index in [2.05, 4.69) is 10.3 Å². The van der Waals surface area contributed by atoms with E-state index in [9.17, 15) is 9.59 Å². The highest BCUT2D eigenvalue weighted by Gasteiger charge is 2.34. The van der Waals surface area contributed by atoms with Crippen LogP contribution in [0.15, 0.2) is 17.5 Å². The Morgan fingerprint density at radius 3 is 2.65 bits per heavy atom. The number of carboxylic acids is 1. The fourth-order valence-electron chi connectivity index (χ4n) is 2.14. The van der Waals surface area contributed by atoms with Crippen molar-refractivity contribution < 1.29 is 14.7 Å². The number of nitrogens with one attached hydrogen (secondary N) is 1. The number of thiazole rings is 1. The van der Waals surface area contributed by atoms with Gasteiger partial charge in [-0.05, 0) is 31.2 Å². The summed E-state index contributed by atoms with van der Waals surface area (Å²) in [7, 11) is 0. The molecule has 0 saturated heterocycles. The van der Waals surface area contributed by atoms with E-state index in [1.165, 1.54) is 11.3 Å². The Morgan fingerprint density at radius 2 is 2.13 bits per heavy atom. The van der Waals surface area contributed by atoms with Gasteiger partial charge in [0.25, 0.3) is 5.91 Å². The number of rotatable bonds is 6. The van der Waals surface area contributed by atoms with Crippen LogP contribution in [0.1, 0.15) is 42.6 Å². The lowest BCUT2D eigenvalue weighted by molar-refractivity contribution is -0.138. The SMILES string of the molecule is Cc1nc(-c2cccs2)sc1C(=O)NC(C)(CC(=O)O)C(C)C. The molecular weight excluding hydrogens is 332 g/mol. The fourth-order valence-corrected chi connectivity index (χ4v) is 3.89. The normalized spacial score (nSPS) is 13.8. The van der Waals surface area contributed by atoms with Gasteiger partial charge in [0.15, 0.2) is 0 Å². The molecule has 0 saturated carbocycles. The molecule has 0 aromatic carbocycles. The Morgan fingerprint density at radius 1 is 1.43 bits per heavy atom. The topological polar surface area (TPSA) is 79.3 Å². The number of hydrogen-bond donors (Lipinski definition) is 2. The molecule has 5 nitrogen and oxygen atoms in total. The Labute approximate surface area is 143 Å². The van der Waals surface area contributed by atoms with Gasteiger partial charge in [0, 0.05) is 0 Å². The predicted octanol–water partition coefficient (Wildman–Crippen LogP) is 3.80. The molecule has 1 amide bonds. The molecule has 1 atom stereocenters. The van der Waals surface area contributed by atoms with Gasteiger partial charge in [0.2, 0.25) is 0 Å². The minimum absolute atomic E-state index is 0.00690. The smallest absolute Gasteiger partial charge is 0.305 e. The first-order chi connectivity index (χ1) is 10.7. The maximum absolute atomic E-state index is 12.6. The standard InChI is InChI=1S/C16H20N2O3S2/c1-9(2)16(4,8-12(19)20)18-14(21)13-10(3)17-15(23-13)11-6-5-7-22-11/h5-7,9H,8H2,1-4H3,(H,18,21)(H,19,20). The van der Waals surface area contributed by atoms with Crippen molar-refractivity contribution in [3.63, 3.8) is 0 Å². The largest absolute Gasteiger partial charge is 0.481 e. The number of aromatic nitrogens is 1. The van der Waals surface area contributed by atoms with Gasteiger partial charge >= 0.3 is 5.97 Å². The molecule has 0 fully saturated rings. The maximum Gasteiger partial charge on any atom is 0.305 e. The molecule has 2 aromatic rings. The summed E-state index contributed by atoms with van der Waals surface area (Å²) >= 11 is 2.91. The molecule has 23 heavy (non-hydrogen) atoms. The van der Waals surface area contributed by atoms with E-state index >= 15 is 0 Å². The van der Waals surface area contributed by atoms with Gasteiger partial charge in [-0.2, -0.15) is 0 Å². The Hall–Kier alpha value is -1.73. The number of amides is 1. The molecule has 0 aliphatic heterocycles. The van der Waals surface area contributed by atoms with Gasteiger partial charge in [-0.15, -0.1) is 22.7 Å². The molecule has 1 unspecified atom stereocenters. The lowest BCUT2D eigenvalue weighted by Crippen LogP contribution is -2.51. The van der Waals surface area contributed by atoms with Crippen LogP contribution in [0.25, 0.3) is 9.88 Å². The molecule has 2 rings (SSSR count). The van der Waals surface area contributed by atoms with Gasteiger partial charge in [0.1, 0.15) is 9.88 Å². The first kappa shape index (κ1) is 17.6. The van der Waals surface area contributed by atoms with Crippen LogP contribution < -0.4 is 5.32 Å². The Kier molecular flexibility index (Phi) is 5.21. The molecule has 0 radical (unpaired) electrons. The molecule has 2 heterocycles. The van der Waals surface area contributed by atoms with Crippen LogP contribution in [0, 0.1) is 12.8 Å². The Bertz CT molecular complexity index is 707. The van der Waals surface area contributed by atoms with Crippen molar-refractivity contribution in [2.45, 2.75) is 39.7 Å². The molecule has 7 heteroatoms. The van der Waals surface area contributed by atoms with Gasteiger partial charge in [0.05, 0.1) is 22.5 Å². The summed E-state index contributed by atoms with van der Waals surface area (Å²) < 4.78 is 0. The highest BCUT2D eigenvalue weighted by Crippen LogP contribution is 2.31. The number of thiophene rings is 1. The van der Waals surface area contributed by atoms with Crippen molar-refractivity contribution in [1.29, 1.82) is 0 Å². The highest BCUT2D eigenvalue weighted by atomic mass is 32.1. The summed E-state index contributed by atoms with van der Waals surface area (Å²) in [6.45, 7) is 7.37. The van der Waals surface area contributed by atoms with E-state index in [0.717, 1.165) is 9.88 Å². The number of carbonyl (C=O) groups excluding carboxylic acids is 1. The van der Waals surface area contributed by atoms with Crippen molar-refractivity contribution in [2.75, 3.05) is 0 Å². The van der Waals surface area contributed by atoms with Crippen LogP contribution in [0.2, 0.25) is 0 Å². The van der Waals surface area contributed by atoms with Gasteiger partial charge in [-0.25, -0.2) is 4.98 Å². The van der Waals surface area contributed by atoms with Crippen molar-refractivity contribution in [3.05, 3.63) is 28.1 Å². The molecule has 2 aromatic heterocycles. The minimum Gasteiger partial charge on any atom is -0.481 e. The van der Waals surface area contributed by atoms with Crippen LogP contribution in [0.3, 0.4) is 0 Å². The van der Waals surface area contributed by atoms with E-state index in [-0.39, 0.29) is 18.2 Å². The summed E-state index contributed by atoms with van der Waals surface area (Å²) in [4.78, 5) is 29.7. The lowest BCUT2D eigenvalue weighted by Gasteiger charge is -2.33. The lowest BCUT2D eigenvalue weighted by atomic mass is 9.85. The molecule has 124 valence electrons. The van der Waals surface area contributed by atoms with Crippen molar-refractivity contribution in [2.24, 2.45) is 5.92 Å². The third-order valence-corrected chi connectivity index (χ3v) is 6.12. The van der Waals surface area contributed by atoms with Crippen molar-refractivity contribution in [1.82, 2.24) is 10.3 Å². The third kappa shape index (κ3) is 3.97. The number of nitrogens with zero attached hydrogens (tertiary/aromatic N) is 1. The monoisotopic (exact) mass is 352 g/mol. The molecule has 2 N–H and O–H groups in total. The summed E-state index contributed by atoms with van der Waals surface area (Å²) in [5.74, 6) is -1.20. The first-order valence-corrected chi connectivity index (χ1v) is 8.98. The second kappa shape index (κ2) is 6.80. The van der Waals surface area contributed by atoms with E-state index in [0.29, 0.717) is 10.6 Å². The second-order valence-corrected chi connectivity index (χ2v) is 7.95. The summed E-state index contributed by atoms with van der Waals surface area (Å²) in [5, 5.41) is 14.8. The second-order valence-electron chi connectivity index (χ2n) is 6.01. The van der Waals surface area contributed by atoms with Crippen LogP contribution in [-0.2, 0) is 4.79 Å². The van der Waals surface area contributed by atoms with E-state index in [4.69, 9.17) is 5.11 Å². The molecule has 0 aliphatic carbocycles. The summed E-state index contributed by atoms with van der Waals surface area (Å²) in [6, 6.07) is 3.91. The summed E-state index contributed by atoms with van der Waals surface area (Å²) in [6.07, 6.45) is -0.119. The zero-order chi connectivity index (χ0) is 17.2. The van der Waals surface area contributed by atoms with E-state index in [1.807, 2.05) is 31.4 Å². The van der Waals surface area contributed by atoms with Gasteiger partial charge < -0.3 is 10.4 Å².